The van der Waals surface area contributed by atoms with E-state index in [-0.39, 0.29) is 29.9 Å². The highest BCUT2D eigenvalue weighted by molar-refractivity contribution is 7.17. The van der Waals surface area contributed by atoms with E-state index in [4.69, 9.17) is 9.47 Å². The molecule has 4 aromatic rings. The van der Waals surface area contributed by atoms with Gasteiger partial charge < -0.3 is 25.0 Å². The van der Waals surface area contributed by atoms with Crippen molar-refractivity contribution in [1.82, 2.24) is 9.97 Å². The molecular formula is C27H26FN5O3S. The van der Waals surface area contributed by atoms with E-state index < -0.39 is 0 Å². The molecule has 5 rings (SSSR count). The molecule has 1 aliphatic heterocycles. The van der Waals surface area contributed by atoms with Gasteiger partial charge in [0.05, 0.1) is 23.4 Å². The fourth-order valence-corrected chi connectivity index (χ4v) is 5.00. The molecule has 3 heterocycles. The average Bonchev–Trinajstić information content (AvgIpc) is 3.33. The number of thiophene rings is 1. The summed E-state index contributed by atoms with van der Waals surface area (Å²) in [7, 11) is 0. The third kappa shape index (κ3) is 5.71. The van der Waals surface area contributed by atoms with E-state index in [0.29, 0.717) is 47.3 Å². The molecule has 2 aromatic carbocycles. The van der Waals surface area contributed by atoms with Crippen LogP contribution in [0.1, 0.15) is 13.8 Å². The lowest BCUT2D eigenvalue weighted by Crippen LogP contribution is -2.45. The number of amides is 1. The summed E-state index contributed by atoms with van der Waals surface area (Å²) >= 11 is 1.45. The molecule has 1 fully saturated rings. The Balaban J connectivity index is 1.38. The van der Waals surface area contributed by atoms with Crippen LogP contribution in [0.5, 0.6) is 11.6 Å². The largest absolute Gasteiger partial charge is 0.437 e. The Morgan fingerprint density at radius 1 is 1.16 bits per heavy atom. The summed E-state index contributed by atoms with van der Waals surface area (Å²) < 4.78 is 27.7. The van der Waals surface area contributed by atoms with E-state index in [2.05, 4.69) is 27.2 Å². The van der Waals surface area contributed by atoms with Crippen LogP contribution in [-0.4, -0.2) is 41.2 Å². The maximum absolute atomic E-state index is 15.1. The number of nitrogens with zero attached hydrogens (tertiary/aromatic N) is 3. The molecular weight excluding hydrogens is 493 g/mol. The SMILES string of the molecule is C=CC(=O)Nc1cccc(Oc2nc(Nc3ccc(N4CC(C)OC(C)C4)c(F)c3)nc3ccsc23)c1. The summed E-state index contributed by atoms with van der Waals surface area (Å²) in [6.07, 6.45) is 1.26. The van der Waals surface area contributed by atoms with Crippen LogP contribution in [0.15, 0.2) is 66.6 Å². The van der Waals surface area contributed by atoms with Crippen molar-refractivity contribution >= 4 is 50.5 Å². The molecule has 8 nitrogen and oxygen atoms in total. The monoisotopic (exact) mass is 519 g/mol. The minimum atomic E-state index is -0.335. The predicted molar refractivity (Wildman–Crippen MR) is 145 cm³/mol. The number of morpholine rings is 1. The Bertz CT molecular complexity index is 1450. The number of halogens is 1. The van der Waals surface area contributed by atoms with Crippen LogP contribution in [0.4, 0.5) is 27.4 Å². The molecule has 0 spiro atoms. The van der Waals surface area contributed by atoms with Crippen LogP contribution in [0.25, 0.3) is 10.2 Å². The van der Waals surface area contributed by atoms with Crippen LogP contribution >= 0.6 is 11.3 Å². The molecule has 0 saturated carbocycles. The van der Waals surface area contributed by atoms with Gasteiger partial charge in [-0.1, -0.05) is 12.6 Å². The zero-order valence-corrected chi connectivity index (χ0v) is 21.2. The summed E-state index contributed by atoms with van der Waals surface area (Å²) in [6, 6.07) is 13.8. The molecule has 2 unspecified atom stereocenters. The number of anilines is 4. The Morgan fingerprint density at radius 3 is 2.73 bits per heavy atom. The Hall–Kier alpha value is -4.02. The second kappa shape index (κ2) is 10.5. The van der Waals surface area contributed by atoms with Gasteiger partial charge >= 0.3 is 0 Å². The van der Waals surface area contributed by atoms with Gasteiger partial charge in [-0.05, 0) is 61.7 Å². The summed E-state index contributed by atoms with van der Waals surface area (Å²) in [4.78, 5) is 22.7. The first-order valence-electron chi connectivity index (χ1n) is 11.8. The number of rotatable bonds is 7. The molecule has 2 aromatic heterocycles. The number of hydrogen-bond acceptors (Lipinski definition) is 8. The van der Waals surface area contributed by atoms with Crippen LogP contribution in [0.3, 0.4) is 0 Å². The van der Waals surface area contributed by atoms with E-state index in [1.807, 2.05) is 30.2 Å². The first-order chi connectivity index (χ1) is 17.9. The number of carbonyl (C=O) groups excluding carboxylic acids is 1. The number of carbonyl (C=O) groups is 1. The summed E-state index contributed by atoms with van der Waals surface area (Å²) in [5.41, 5.74) is 2.32. The molecule has 190 valence electrons. The highest BCUT2D eigenvalue weighted by atomic mass is 32.1. The van der Waals surface area contributed by atoms with Gasteiger partial charge in [-0.25, -0.2) is 9.37 Å². The number of hydrogen-bond donors (Lipinski definition) is 2. The van der Waals surface area contributed by atoms with Crippen molar-refractivity contribution in [2.24, 2.45) is 0 Å². The minimum absolute atomic E-state index is 0.0315. The summed E-state index contributed by atoms with van der Waals surface area (Å²) in [5, 5.41) is 7.70. The molecule has 1 saturated heterocycles. The zero-order valence-electron chi connectivity index (χ0n) is 20.4. The maximum Gasteiger partial charge on any atom is 0.247 e. The molecule has 37 heavy (non-hydrogen) atoms. The maximum atomic E-state index is 15.1. The zero-order chi connectivity index (χ0) is 25.9. The number of aromatic nitrogens is 2. The van der Waals surface area contributed by atoms with E-state index in [9.17, 15) is 4.79 Å². The summed E-state index contributed by atoms with van der Waals surface area (Å²) in [5.74, 6) is 0.464. The Morgan fingerprint density at radius 2 is 1.97 bits per heavy atom. The second-order valence-electron chi connectivity index (χ2n) is 8.76. The molecule has 0 bridgehead atoms. The van der Waals surface area contributed by atoms with Crippen molar-refractivity contribution < 1.29 is 18.7 Å². The van der Waals surface area contributed by atoms with E-state index in [0.717, 1.165) is 4.70 Å². The van der Waals surface area contributed by atoms with Crippen LogP contribution in [-0.2, 0) is 9.53 Å². The lowest BCUT2D eigenvalue weighted by Gasteiger charge is -2.37. The first-order valence-corrected chi connectivity index (χ1v) is 12.7. The van der Waals surface area contributed by atoms with Gasteiger partial charge in [0.1, 0.15) is 16.3 Å². The molecule has 0 radical (unpaired) electrons. The van der Waals surface area contributed by atoms with E-state index in [1.54, 1.807) is 36.4 Å². The van der Waals surface area contributed by atoms with Gasteiger partial charge in [0.25, 0.3) is 0 Å². The molecule has 0 aliphatic carbocycles. The molecule has 1 amide bonds. The molecule has 1 aliphatic rings. The van der Waals surface area contributed by atoms with E-state index in [1.165, 1.54) is 23.5 Å². The Kier molecular flexibility index (Phi) is 7.02. The molecule has 2 N–H and O–H groups in total. The standard InChI is InChI=1S/C27H26FN5O3S/c1-4-24(34)29-18-6-5-7-20(12-18)36-26-25-22(10-11-37-25)31-27(32-26)30-19-8-9-23(21(28)13-19)33-14-16(2)35-17(3)15-33/h4-13,16-17H,1,14-15H2,2-3H3,(H,29,34)(H,30,31,32). The molecule has 10 heteroatoms. The third-order valence-corrected chi connectivity index (χ3v) is 6.63. The van der Waals surface area contributed by atoms with Gasteiger partial charge in [-0.3, -0.25) is 4.79 Å². The highest BCUT2D eigenvalue weighted by Gasteiger charge is 2.24. The smallest absolute Gasteiger partial charge is 0.247 e. The minimum Gasteiger partial charge on any atom is -0.437 e. The number of fused-ring (bicyclic) bond motifs is 1. The topological polar surface area (TPSA) is 88.6 Å². The van der Waals surface area contributed by atoms with Crippen LogP contribution in [0.2, 0.25) is 0 Å². The third-order valence-electron chi connectivity index (χ3n) is 5.74. The van der Waals surface area contributed by atoms with E-state index >= 15 is 4.39 Å². The van der Waals surface area contributed by atoms with Gasteiger partial charge in [-0.2, -0.15) is 4.98 Å². The van der Waals surface area contributed by atoms with Crippen molar-refractivity contribution in [1.29, 1.82) is 0 Å². The number of benzene rings is 2. The van der Waals surface area contributed by atoms with Crippen molar-refractivity contribution in [2.45, 2.75) is 26.1 Å². The predicted octanol–water partition coefficient (Wildman–Crippen LogP) is 6.10. The summed E-state index contributed by atoms with van der Waals surface area (Å²) in [6.45, 7) is 8.70. The average molecular weight is 520 g/mol. The van der Waals surface area contributed by atoms with Crippen molar-refractivity contribution in [2.75, 3.05) is 28.6 Å². The van der Waals surface area contributed by atoms with Gasteiger partial charge in [-0.15, -0.1) is 11.3 Å². The van der Waals surface area contributed by atoms with Crippen LogP contribution in [0, 0.1) is 5.82 Å². The first kappa shape index (κ1) is 24.7. The molecule has 2 atom stereocenters. The quantitative estimate of drug-likeness (QED) is 0.285. The highest BCUT2D eigenvalue weighted by Crippen LogP contribution is 2.34. The second-order valence-corrected chi connectivity index (χ2v) is 9.68. The lowest BCUT2D eigenvalue weighted by molar-refractivity contribution is -0.111. The van der Waals surface area contributed by atoms with Gasteiger partial charge in [0, 0.05) is 30.5 Å². The van der Waals surface area contributed by atoms with Crippen molar-refractivity contribution in [3.8, 4) is 11.6 Å². The fourth-order valence-electron chi connectivity index (χ4n) is 4.25. The Labute approximate surface area is 217 Å². The lowest BCUT2D eigenvalue weighted by atomic mass is 10.2. The normalized spacial score (nSPS) is 17.4. The van der Waals surface area contributed by atoms with Crippen molar-refractivity contribution in [3.63, 3.8) is 0 Å². The van der Waals surface area contributed by atoms with Crippen molar-refractivity contribution in [3.05, 3.63) is 72.4 Å². The number of nitrogens with one attached hydrogen (secondary N) is 2. The number of ether oxygens (including phenoxy) is 2. The van der Waals surface area contributed by atoms with Gasteiger partial charge in [0.15, 0.2) is 0 Å². The van der Waals surface area contributed by atoms with Gasteiger partial charge in [0.2, 0.25) is 17.7 Å². The van der Waals surface area contributed by atoms with Crippen LogP contribution < -0.4 is 20.3 Å². The fraction of sp³-hybridized carbons (Fsp3) is 0.222.